The minimum atomic E-state index is 0.282. The van der Waals surface area contributed by atoms with Gasteiger partial charge in [-0.25, -0.2) is 0 Å². The Labute approximate surface area is 112 Å². The van der Waals surface area contributed by atoms with Crippen molar-refractivity contribution in [2.75, 3.05) is 0 Å². The van der Waals surface area contributed by atoms with Gasteiger partial charge in [-0.2, -0.15) is 0 Å². The van der Waals surface area contributed by atoms with Crippen LogP contribution in [-0.2, 0) is 6.54 Å². The van der Waals surface area contributed by atoms with Crippen LogP contribution in [-0.4, -0.2) is 12.1 Å². The molecule has 0 aliphatic carbocycles. The molecule has 1 aromatic carbocycles. The summed E-state index contributed by atoms with van der Waals surface area (Å²) in [6, 6.07) is 8.91. The summed E-state index contributed by atoms with van der Waals surface area (Å²) in [5, 5.41) is 3.41. The van der Waals surface area contributed by atoms with E-state index in [4.69, 9.17) is 4.74 Å². The van der Waals surface area contributed by atoms with Gasteiger partial charge in [-0.1, -0.05) is 39.8 Å². The predicted octanol–water partition coefficient (Wildman–Crippen LogP) is 4.00. The van der Waals surface area contributed by atoms with Crippen LogP contribution < -0.4 is 10.1 Å². The summed E-state index contributed by atoms with van der Waals surface area (Å²) in [5.41, 5.74) is 1.30. The Balaban J connectivity index is 2.44. The van der Waals surface area contributed by atoms with Gasteiger partial charge < -0.3 is 10.1 Å². The zero-order chi connectivity index (χ0) is 13.5. The van der Waals surface area contributed by atoms with E-state index in [9.17, 15) is 0 Å². The van der Waals surface area contributed by atoms with Crippen molar-refractivity contribution < 1.29 is 4.74 Å². The third-order valence-electron chi connectivity index (χ3n) is 2.78. The van der Waals surface area contributed by atoms with Crippen LogP contribution in [0.2, 0.25) is 0 Å². The van der Waals surface area contributed by atoms with E-state index in [0.29, 0.717) is 12.0 Å². The van der Waals surface area contributed by atoms with Crippen LogP contribution in [0, 0.1) is 5.92 Å². The van der Waals surface area contributed by atoms with Crippen molar-refractivity contribution in [2.24, 2.45) is 5.92 Å². The molecule has 0 spiro atoms. The smallest absolute Gasteiger partial charge is 0.119 e. The van der Waals surface area contributed by atoms with Crippen LogP contribution in [0.1, 0.15) is 46.6 Å². The van der Waals surface area contributed by atoms with E-state index >= 15 is 0 Å². The molecule has 18 heavy (non-hydrogen) atoms. The van der Waals surface area contributed by atoms with Crippen molar-refractivity contribution in [1.82, 2.24) is 5.32 Å². The molecule has 0 fully saturated rings. The predicted molar refractivity (Wildman–Crippen MR) is 78.0 cm³/mol. The first-order chi connectivity index (χ1) is 8.47. The zero-order valence-electron chi connectivity index (χ0n) is 12.4. The summed E-state index contributed by atoms with van der Waals surface area (Å²) in [4.78, 5) is 0. The van der Waals surface area contributed by atoms with Crippen LogP contribution in [0.4, 0.5) is 0 Å². The molecule has 2 heteroatoms. The fourth-order valence-electron chi connectivity index (χ4n) is 1.95. The Kier molecular flexibility index (Phi) is 6.20. The van der Waals surface area contributed by atoms with E-state index < -0.39 is 0 Å². The number of nitrogens with one attached hydrogen (secondary N) is 1. The summed E-state index contributed by atoms with van der Waals surface area (Å²) in [6.45, 7) is 11.8. The highest BCUT2D eigenvalue weighted by atomic mass is 16.5. The largest absolute Gasteiger partial charge is 0.491 e. The van der Waals surface area contributed by atoms with Gasteiger partial charge in [0.05, 0.1) is 6.10 Å². The second-order valence-corrected chi connectivity index (χ2v) is 5.74. The molecule has 1 rings (SSSR count). The molecule has 0 bridgehead atoms. The van der Waals surface area contributed by atoms with Crippen LogP contribution >= 0.6 is 0 Å². The van der Waals surface area contributed by atoms with Gasteiger partial charge in [-0.15, -0.1) is 0 Å². The number of benzene rings is 1. The summed E-state index contributed by atoms with van der Waals surface area (Å²) < 4.78 is 5.89. The van der Waals surface area contributed by atoms with Crippen molar-refractivity contribution in [1.29, 1.82) is 0 Å². The van der Waals surface area contributed by atoms with E-state index in [1.54, 1.807) is 0 Å². The highest BCUT2D eigenvalue weighted by molar-refractivity contribution is 5.27. The third kappa shape index (κ3) is 6.06. The quantitative estimate of drug-likeness (QED) is 0.788. The lowest BCUT2D eigenvalue weighted by molar-refractivity contribution is 0.193. The van der Waals surface area contributed by atoms with E-state index in [1.807, 2.05) is 0 Å². The maximum atomic E-state index is 5.89. The number of hydrogen-bond donors (Lipinski definition) is 1. The number of rotatable bonds is 7. The maximum Gasteiger partial charge on any atom is 0.119 e. The molecular weight excluding hydrogens is 222 g/mol. The second-order valence-electron chi connectivity index (χ2n) is 5.74. The third-order valence-corrected chi connectivity index (χ3v) is 2.78. The van der Waals surface area contributed by atoms with Crippen molar-refractivity contribution in [3.63, 3.8) is 0 Å². The Morgan fingerprint density at radius 2 is 1.61 bits per heavy atom. The zero-order valence-corrected chi connectivity index (χ0v) is 12.4. The molecule has 102 valence electrons. The maximum absolute atomic E-state index is 5.89. The SMILES string of the molecule is CC(C)CC(C)Oc1ccc(CNC(C)C)cc1. The summed E-state index contributed by atoms with van der Waals surface area (Å²) in [5.74, 6) is 1.64. The molecule has 0 saturated heterocycles. The Hall–Kier alpha value is -1.02. The lowest BCUT2D eigenvalue weighted by Crippen LogP contribution is -2.21. The summed E-state index contributed by atoms with van der Waals surface area (Å²) in [6.07, 6.45) is 1.38. The van der Waals surface area contributed by atoms with Gasteiger partial charge in [0.15, 0.2) is 0 Å². The standard InChI is InChI=1S/C16H27NO/c1-12(2)10-14(5)18-16-8-6-15(7-9-16)11-17-13(3)4/h6-9,12-14,17H,10-11H2,1-5H3. The van der Waals surface area contributed by atoms with Crippen molar-refractivity contribution in [3.05, 3.63) is 29.8 Å². The summed E-state index contributed by atoms with van der Waals surface area (Å²) >= 11 is 0. The van der Waals surface area contributed by atoms with Crippen LogP contribution in [0.3, 0.4) is 0 Å². The van der Waals surface area contributed by atoms with Crippen molar-refractivity contribution in [3.8, 4) is 5.75 Å². The van der Waals surface area contributed by atoms with Crippen molar-refractivity contribution >= 4 is 0 Å². The summed E-state index contributed by atoms with van der Waals surface area (Å²) in [7, 11) is 0. The molecule has 1 aromatic rings. The molecule has 0 saturated carbocycles. The Bertz CT molecular complexity index is 329. The highest BCUT2D eigenvalue weighted by Gasteiger charge is 2.06. The molecular formula is C16H27NO. The minimum Gasteiger partial charge on any atom is -0.491 e. The Morgan fingerprint density at radius 1 is 1.00 bits per heavy atom. The first-order valence-corrected chi connectivity index (χ1v) is 6.96. The minimum absolute atomic E-state index is 0.282. The molecule has 1 unspecified atom stereocenters. The van der Waals surface area contributed by atoms with Gasteiger partial charge in [0, 0.05) is 12.6 Å². The normalized spacial score (nSPS) is 13.1. The molecule has 0 aliphatic heterocycles. The van der Waals surface area contributed by atoms with Crippen molar-refractivity contribution in [2.45, 2.75) is 59.7 Å². The molecule has 0 heterocycles. The van der Waals surface area contributed by atoms with E-state index in [2.05, 4.69) is 64.2 Å². The first-order valence-electron chi connectivity index (χ1n) is 6.96. The Morgan fingerprint density at radius 3 is 2.11 bits per heavy atom. The molecule has 0 aliphatic rings. The second kappa shape index (κ2) is 7.42. The van der Waals surface area contributed by atoms with Gasteiger partial charge in [-0.3, -0.25) is 0 Å². The molecule has 0 radical (unpaired) electrons. The van der Waals surface area contributed by atoms with Crippen LogP contribution in [0.25, 0.3) is 0 Å². The van der Waals surface area contributed by atoms with Gasteiger partial charge in [0.1, 0.15) is 5.75 Å². The monoisotopic (exact) mass is 249 g/mol. The van der Waals surface area contributed by atoms with Crippen LogP contribution in [0.15, 0.2) is 24.3 Å². The van der Waals surface area contributed by atoms with E-state index in [-0.39, 0.29) is 6.10 Å². The molecule has 2 nitrogen and oxygen atoms in total. The lowest BCUT2D eigenvalue weighted by Gasteiger charge is -2.17. The van der Waals surface area contributed by atoms with E-state index in [0.717, 1.165) is 18.7 Å². The average molecular weight is 249 g/mol. The molecule has 0 aromatic heterocycles. The van der Waals surface area contributed by atoms with Gasteiger partial charge in [-0.05, 0) is 37.0 Å². The van der Waals surface area contributed by atoms with Gasteiger partial charge >= 0.3 is 0 Å². The average Bonchev–Trinajstić information content (AvgIpc) is 2.26. The molecule has 1 atom stereocenters. The van der Waals surface area contributed by atoms with Gasteiger partial charge in [0.2, 0.25) is 0 Å². The lowest BCUT2D eigenvalue weighted by atomic mass is 10.1. The van der Waals surface area contributed by atoms with Gasteiger partial charge in [0.25, 0.3) is 0 Å². The number of hydrogen-bond acceptors (Lipinski definition) is 2. The molecule has 0 amide bonds. The fraction of sp³-hybridized carbons (Fsp3) is 0.625. The number of ether oxygens (including phenoxy) is 1. The first kappa shape index (κ1) is 15.0. The van der Waals surface area contributed by atoms with Crippen LogP contribution in [0.5, 0.6) is 5.75 Å². The highest BCUT2D eigenvalue weighted by Crippen LogP contribution is 2.16. The van der Waals surface area contributed by atoms with E-state index in [1.165, 1.54) is 5.56 Å². The topological polar surface area (TPSA) is 21.3 Å². The fourth-order valence-corrected chi connectivity index (χ4v) is 1.95. The molecule has 1 N–H and O–H groups in total.